The molecular weight excluding hydrogens is 244 g/mol. The van der Waals surface area contributed by atoms with Gasteiger partial charge in [-0.25, -0.2) is 4.79 Å². The van der Waals surface area contributed by atoms with Crippen molar-refractivity contribution in [2.75, 3.05) is 19.6 Å². The van der Waals surface area contributed by atoms with Crippen LogP contribution in [0, 0.1) is 11.8 Å². The first kappa shape index (κ1) is 17.5. The standard InChI is InChI=1S/C14H26N2O3/c1-6-16(9-11(4)5)14(19)15-8-12(13(17)18)7-10(2)3/h10,12H,4,6-9H2,1-3,5H3,(H,15,19)(H,17,18). The number of carbonyl (C=O) groups is 2. The highest BCUT2D eigenvalue weighted by molar-refractivity contribution is 5.76. The highest BCUT2D eigenvalue weighted by Crippen LogP contribution is 2.11. The molecule has 5 heteroatoms. The fraction of sp³-hybridized carbons (Fsp3) is 0.714. The van der Waals surface area contributed by atoms with E-state index in [1.807, 2.05) is 27.7 Å². The third-order valence-corrected chi connectivity index (χ3v) is 2.73. The predicted molar refractivity (Wildman–Crippen MR) is 76.0 cm³/mol. The fourth-order valence-corrected chi connectivity index (χ4v) is 1.82. The summed E-state index contributed by atoms with van der Waals surface area (Å²) in [5, 5.41) is 11.8. The molecule has 1 unspecified atom stereocenters. The highest BCUT2D eigenvalue weighted by Gasteiger charge is 2.21. The lowest BCUT2D eigenvalue weighted by molar-refractivity contribution is -0.142. The van der Waals surface area contributed by atoms with Crippen molar-refractivity contribution in [1.29, 1.82) is 0 Å². The first-order valence-corrected chi connectivity index (χ1v) is 6.67. The molecule has 0 aromatic rings. The van der Waals surface area contributed by atoms with Crippen LogP contribution in [0.15, 0.2) is 12.2 Å². The molecule has 0 saturated carbocycles. The van der Waals surface area contributed by atoms with Gasteiger partial charge in [-0.05, 0) is 26.2 Å². The van der Waals surface area contributed by atoms with E-state index in [4.69, 9.17) is 5.11 Å². The van der Waals surface area contributed by atoms with Gasteiger partial charge in [-0.3, -0.25) is 4.79 Å². The molecule has 19 heavy (non-hydrogen) atoms. The van der Waals surface area contributed by atoms with Gasteiger partial charge < -0.3 is 15.3 Å². The Balaban J connectivity index is 4.37. The Morgan fingerprint density at radius 3 is 2.32 bits per heavy atom. The lowest BCUT2D eigenvalue weighted by atomic mass is 9.97. The molecule has 5 nitrogen and oxygen atoms in total. The molecule has 110 valence electrons. The summed E-state index contributed by atoms with van der Waals surface area (Å²) in [6, 6.07) is -0.236. The molecule has 0 bridgehead atoms. The Morgan fingerprint density at radius 2 is 1.95 bits per heavy atom. The summed E-state index contributed by atoms with van der Waals surface area (Å²) in [7, 11) is 0. The van der Waals surface area contributed by atoms with Gasteiger partial charge in [0, 0.05) is 19.6 Å². The summed E-state index contributed by atoms with van der Waals surface area (Å²) in [6.07, 6.45) is 0.558. The summed E-state index contributed by atoms with van der Waals surface area (Å²) in [6.45, 7) is 12.7. The predicted octanol–water partition coefficient (Wildman–Crippen LogP) is 2.34. The zero-order valence-electron chi connectivity index (χ0n) is 12.4. The molecular formula is C14H26N2O3. The van der Waals surface area contributed by atoms with Crippen LogP contribution in [-0.4, -0.2) is 41.6 Å². The van der Waals surface area contributed by atoms with Gasteiger partial charge in [0.05, 0.1) is 5.92 Å². The van der Waals surface area contributed by atoms with Crippen LogP contribution in [0.4, 0.5) is 4.79 Å². The van der Waals surface area contributed by atoms with Crippen LogP contribution in [0.1, 0.15) is 34.1 Å². The molecule has 0 aliphatic heterocycles. The summed E-state index contributed by atoms with van der Waals surface area (Å²) in [5.74, 6) is -1.11. The molecule has 0 fully saturated rings. The van der Waals surface area contributed by atoms with Gasteiger partial charge in [-0.15, -0.1) is 0 Å². The minimum atomic E-state index is -0.864. The van der Waals surface area contributed by atoms with Gasteiger partial charge >= 0.3 is 12.0 Å². The van der Waals surface area contributed by atoms with E-state index >= 15 is 0 Å². The van der Waals surface area contributed by atoms with Crippen molar-refractivity contribution >= 4 is 12.0 Å². The average molecular weight is 270 g/mol. The van der Waals surface area contributed by atoms with Crippen molar-refractivity contribution in [3.05, 3.63) is 12.2 Å². The number of amides is 2. The molecule has 0 aromatic heterocycles. The number of hydrogen-bond donors (Lipinski definition) is 2. The second kappa shape index (κ2) is 8.56. The summed E-state index contributed by atoms with van der Waals surface area (Å²) < 4.78 is 0. The molecule has 0 heterocycles. The molecule has 2 N–H and O–H groups in total. The van der Waals surface area contributed by atoms with Crippen LogP contribution in [-0.2, 0) is 4.79 Å². The van der Waals surface area contributed by atoms with Gasteiger partial charge in [0.1, 0.15) is 0 Å². The zero-order valence-corrected chi connectivity index (χ0v) is 12.4. The Hall–Kier alpha value is -1.52. The fourth-order valence-electron chi connectivity index (χ4n) is 1.82. The maximum atomic E-state index is 11.9. The smallest absolute Gasteiger partial charge is 0.317 e. The molecule has 0 aliphatic rings. The number of nitrogens with one attached hydrogen (secondary N) is 1. The summed E-state index contributed by atoms with van der Waals surface area (Å²) in [5.41, 5.74) is 0.897. The van der Waals surface area contributed by atoms with Crippen molar-refractivity contribution in [2.24, 2.45) is 11.8 Å². The van der Waals surface area contributed by atoms with E-state index in [-0.39, 0.29) is 18.5 Å². The number of urea groups is 1. The van der Waals surface area contributed by atoms with Crippen LogP contribution in [0.25, 0.3) is 0 Å². The third kappa shape index (κ3) is 7.49. The third-order valence-electron chi connectivity index (χ3n) is 2.73. The van der Waals surface area contributed by atoms with Crippen LogP contribution < -0.4 is 5.32 Å². The van der Waals surface area contributed by atoms with Crippen LogP contribution in [0.2, 0.25) is 0 Å². The zero-order chi connectivity index (χ0) is 15.0. The number of hydrogen-bond acceptors (Lipinski definition) is 2. The Kier molecular flexibility index (Phi) is 7.87. The minimum Gasteiger partial charge on any atom is -0.481 e. The lowest BCUT2D eigenvalue weighted by Gasteiger charge is -2.23. The van der Waals surface area contributed by atoms with Crippen molar-refractivity contribution in [3.63, 3.8) is 0 Å². The molecule has 0 saturated heterocycles. The van der Waals surface area contributed by atoms with Crippen molar-refractivity contribution in [1.82, 2.24) is 10.2 Å². The highest BCUT2D eigenvalue weighted by atomic mass is 16.4. The van der Waals surface area contributed by atoms with Crippen molar-refractivity contribution < 1.29 is 14.7 Å². The molecule has 2 amide bonds. The van der Waals surface area contributed by atoms with Crippen LogP contribution in [0.5, 0.6) is 0 Å². The van der Waals surface area contributed by atoms with E-state index in [0.717, 1.165) is 5.57 Å². The quantitative estimate of drug-likeness (QED) is 0.665. The van der Waals surface area contributed by atoms with E-state index in [1.54, 1.807) is 4.90 Å². The van der Waals surface area contributed by atoms with E-state index < -0.39 is 11.9 Å². The molecule has 0 aromatic carbocycles. The minimum absolute atomic E-state index is 0.166. The number of carboxylic acid groups (broad SMARTS) is 1. The van der Waals surface area contributed by atoms with Gasteiger partial charge in [0.25, 0.3) is 0 Å². The lowest BCUT2D eigenvalue weighted by Crippen LogP contribution is -2.43. The van der Waals surface area contributed by atoms with E-state index in [2.05, 4.69) is 11.9 Å². The average Bonchev–Trinajstić information content (AvgIpc) is 2.29. The van der Waals surface area contributed by atoms with E-state index in [1.165, 1.54) is 0 Å². The van der Waals surface area contributed by atoms with Crippen molar-refractivity contribution in [3.8, 4) is 0 Å². The topological polar surface area (TPSA) is 69.6 Å². The van der Waals surface area contributed by atoms with E-state index in [9.17, 15) is 9.59 Å². The molecule has 0 rings (SSSR count). The maximum absolute atomic E-state index is 11.9. The first-order chi connectivity index (χ1) is 8.77. The Bertz CT molecular complexity index is 327. The van der Waals surface area contributed by atoms with Gasteiger partial charge in [0.2, 0.25) is 0 Å². The SMILES string of the molecule is C=C(C)CN(CC)C(=O)NCC(CC(C)C)C(=O)O. The number of rotatable bonds is 8. The van der Waals surface area contributed by atoms with Gasteiger partial charge in [0.15, 0.2) is 0 Å². The number of aliphatic carboxylic acids is 1. The number of likely N-dealkylation sites (N-methyl/N-ethyl adjacent to an activating group) is 1. The number of carbonyl (C=O) groups excluding carboxylic acids is 1. The number of carboxylic acids is 1. The second-order valence-corrected chi connectivity index (χ2v) is 5.32. The normalized spacial score (nSPS) is 12.1. The molecule has 0 aliphatic carbocycles. The summed E-state index contributed by atoms with van der Waals surface area (Å²) in [4.78, 5) is 24.6. The first-order valence-electron chi connectivity index (χ1n) is 6.67. The second-order valence-electron chi connectivity index (χ2n) is 5.32. The Morgan fingerprint density at radius 1 is 1.37 bits per heavy atom. The molecule has 0 radical (unpaired) electrons. The van der Waals surface area contributed by atoms with Crippen molar-refractivity contribution in [2.45, 2.75) is 34.1 Å². The largest absolute Gasteiger partial charge is 0.481 e. The van der Waals surface area contributed by atoms with Gasteiger partial charge in [-0.2, -0.15) is 0 Å². The van der Waals surface area contributed by atoms with Gasteiger partial charge in [-0.1, -0.05) is 26.0 Å². The number of nitrogens with zero attached hydrogens (tertiary/aromatic N) is 1. The molecule has 0 spiro atoms. The van der Waals surface area contributed by atoms with Crippen LogP contribution in [0.3, 0.4) is 0 Å². The maximum Gasteiger partial charge on any atom is 0.317 e. The van der Waals surface area contributed by atoms with E-state index in [0.29, 0.717) is 19.5 Å². The molecule has 1 atom stereocenters. The summed E-state index contributed by atoms with van der Waals surface area (Å²) >= 11 is 0. The van der Waals surface area contributed by atoms with Crippen LogP contribution >= 0.6 is 0 Å². The Labute approximate surface area is 115 Å². The monoisotopic (exact) mass is 270 g/mol.